The molecule has 0 aliphatic carbocycles. The zero-order chi connectivity index (χ0) is 16.8. The van der Waals surface area contributed by atoms with Crippen molar-refractivity contribution in [2.45, 2.75) is 6.42 Å². The average Bonchev–Trinajstić information content (AvgIpc) is 2.48. The maximum absolute atomic E-state index is 11.6. The van der Waals surface area contributed by atoms with Crippen LogP contribution in [-0.2, 0) is 19.1 Å². The Balaban J connectivity index is 3.99. The average molecular weight is 314 g/mol. The van der Waals surface area contributed by atoms with Crippen LogP contribution in [0.15, 0.2) is 25.3 Å². The Morgan fingerprint density at radius 2 is 1.77 bits per heavy atom. The number of carbonyl (C=O) groups is 3. The second-order valence-electron chi connectivity index (χ2n) is 4.18. The highest BCUT2D eigenvalue weighted by Gasteiger charge is 2.17. The molecule has 0 spiro atoms. The third-order valence-electron chi connectivity index (χ3n) is 2.32. The highest BCUT2D eigenvalue weighted by molar-refractivity contribution is 5.76. The van der Waals surface area contributed by atoms with Crippen molar-refractivity contribution in [3.05, 3.63) is 25.3 Å². The Morgan fingerprint density at radius 3 is 2.36 bits per heavy atom. The molecule has 2 N–H and O–H groups in total. The minimum Gasteiger partial charge on any atom is -0.480 e. The molecule has 0 atom stereocenters. The minimum atomic E-state index is -1.13. The number of amides is 1. The molecular formula is C14H22N2O6. The number of nitrogens with zero attached hydrogens (tertiary/aromatic N) is 1. The number of aliphatic carboxylic acids is 1. The quantitative estimate of drug-likeness (QED) is 0.305. The Bertz CT molecular complexity index is 397. The van der Waals surface area contributed by atoms with Gasteiger partial charge in [-0.25, -0.2) is 4.79 Å². The van der Waals surface area contributed by atoms with Gasteiger partial charge in [0.25, 0.3) is 0 Å². The van der Waals surface area contributed by atoms with E-state index < -0.39 is 24.6 Å². The van der Waals surface area contributed by atoms with E-state index in [1.165, 1.54) is 12.2 Å². The molecule has 0 rings (SSSR count). The molecule has 0 aromatic rings. The number of carbonyl (C=O) groups excluding carboxylic acids is 2. The molecule has 0 bridgehead atoms. The summed E-state index contributed by atoms with van der Waals surface area (Å²) in [5, 5.41) is 11.6. The molecule has 0 aromatic heterocycles. The predicted octanol–water partition coefficient (Wildman–Crippen LogP) is 0.405. The topological polar surface area (TPSA) is 105 Å². The zero-order valence-corrected chi connectivity index (χ0v) is 12.5. The Morgan fingerprint density at radius 1 is 1.14 bits per heavy atom. The molecule has 0 aliphatic rings. The lowest BCUT2D eigenvalue weighted by Gasteiger charge is -2.19. The largest absolute Gasteiger partial charge is 0.480 e. The fourth-order valence-electron chi connectivity index (χ4n) is 1.41. The number of hydrogen-bond donors (Lipinski definition) is 2. The fraction of sp³-hybridized carbons (Fsp3) is 0.500. The van der Waals surface area contributed by atoms with Crippen molar-refractivity contribution in [3.8, 4) is 0 Å². The Kier molecular flexibility index (Phi) is 11.1. The smallest absolute Gasteiger partial charge is 0.410 e. The van der Waals surface area contributed by atoms with Crippen LogP contribution in [0.1, 0.15) is 6.42 Å². The summed E-state index contributed by atoms with van der Waals surface area (Å²) in [6, 6.07) is 0. The lowest BCUT2D eigenvalue weighted by atomic mass is 10.3. The van der Waals surface area contributed by atoms with E-state index in [-0.39, 0.29) is 26.3 Å². The molecule has 0 aliphatic heterocycles. The number of carboxylic acid groups (broad SMARTS) is 1. The van der Waals surface area contributed by atoms with Gasteiger partial charge in [0.05, 0.1) is 6.54 Å². The highest BCUT2D eigenvalue weighted by Crippen LogP contribution is 1.97. The maximum atomic E-state index is 11.6. The molecule has 0 aromatic carbocycles. The molecule has 0 saturated carbocycles. The first-order valence-corrected chi connectivity index (χ1v) is 6.72. The summed E-state index contributed by atoms with van der Waals surface area (Å²) in [5.41, 5.74) is 0. The van der Waals surface area contributed by atoms with E-state index in [1.807, 2.05) is 0 Å². The lowest BCUT2D eigenvalue weighted by molar-refractivity contribution is -0.141. The van der Waals surface area contributed by atoms with Crippen molar-refractivity contribution in [1.29, 1.82) is 0 Å². The van der Waals surface area contributed by atoms with Gasteiger partial charge in [0.2, 0.25) is 0 Å². The molecule has 1 amide bonds. The maximum Gasteiger partial charge on any atom is 0.410 e. The van der Waals surface area contributed by atoms with E-state index in [1.54, 1.807) is 0 Å². The van der Waals surface area contributed by atoms with Gasteiger partial charge in [-0.3, -0.25) is 14.5 Å². The van der Waals surface area contributed by atoms with Crippen LogP contribution in [0.25, 0.3) is 0 Å². The molecule has 0 unspecified atom stereocenters. The van der Waals surface area contributed by atoms with Crippen LogP contribution in [-0.4, -0.2) is 67.4 Å². The van der Waals surface area contributed by atoms with E-state index >= 15 is 0 Å². The number of esters is 1. The van der Waals surface area contributed by atoms with Crippen molar-refractivity contribution in [2.24, 2.45) is 0 Å². The van der Waals surface area contributed by atoms with Crippen molar-refractivity contribution in [1.82, 2.24) is 10.2 Å². The molecule has 124 valence electrons. The molecule has 0 radical (unpaired) electrons. The van der Waals surface area contributed by atoms with Crippen LogP contribution < -0.4 is 5.32 Å². The van der Waals surface area contributed by atoms with Crippen molar-refractivity contribution < 1.29 is 29.0 Å². The van der Waals surface area contributed by atoms with Crippen LogP contribution >= 0.6 is 0 Å². The Labute approximate surface area is 129 Å². The normalized spacial score (nSPS) is 9.64. The third-order valence-corrected chi connectivity index (χ3v) is 2.32. The second kappa shape index (κ2) is 12.4. The van der Waals surface area contributed by atoms with Crippen LogP contribution in [0.5, 0.6) is 0 Å². The van der Waals surface area contributed by atoms with Gasteiger partial charge in [0.15, 0.2) is 0 Å². The third kappa shape index (κ3) is 10.4. The van der Waals surface area contributed by atoms with Gasteiger partial charge in [-0.15, -0.1) is 0 Å². The number of rotatable bonds is 12. The van der Waals surface area contributed by atoms with Crippen LogP contribution in [0, 0.1) is 0 Å². The SMILES string of the molecule is C=CCOC(=O)CNCCCN(CC(=O)O)C(=O)OCC=C. The molecule has 0 heterocycles. The predicted molar refractivity (Wildman–Crippen MR) is 79.4 cm³/mol. The lowest BCUT2D eigenvalue weighted by Crippen LogP contribution is -2.38. The molecular weight excluding hydrogens is 292 g/mol. The minimum absolute atomic E-state index is 0.0162. The van der Waals surface area contributed by atoms with Crippen LogP contribution in [0.2, 0.25) is 0 Å². The first-order chi connectivity index (χ1) is 10.5. The Hall–Kier alpha value is -2.35. The number of hydrogen-bond acceptors (Lipinski definition) is 6. The summed E-state index contributed by atoms with van der Waals surface area (Å²) in [4.78, 5) is 34.6. The first kappa shape index (κ1) is 19.7. The van der Waals surface area contributed by atoms with Gasteiger partial charge < -0.3 is 19.9 Å². The summed E-state index contributed by atoms with van der Waals surface area (Å²) in [7, 11) is 0. The van der Waals surface area contributed by atoms with E-state index in [0.717, 1.165) is 4.90 Å². The standard InChI is InChI=1S/C14H22N2O6/c1-3-8-21-13(19)10-15-6-5-7-16(11-12(17)18)14(20)22-9-4-2/h3-4,15H,1-2,5-11H2,(H,17,18). The van der Waals surface area contributed by atoms with Gasteiger partial charge in [0, 0.05) is 6.54 Å². The summed E-state index contributed by atoms with van der Waals surface area (Å²) in [6.07, 6.45) is 2.61. The monoisotopic (exact) mass is 314 g/mol. The number of nitrogens with one attached hydrogen (secondary N) is 1. The summed E-state index contributed by atoms with van der Waals surface area (Å²) >= 11 is 0. The molecule has 0 saturated heterocycles. The van der Waals surface area contributed by atoms with E-state index in [9.17, 15) is 14.4 Å². The van der Waals surface area contributed by atoms with E-state index in [4.69, 9.17) is 14.6 Å². The van der Waals surface area contributed by atoms with Crippen LogP contribution in [0.3, 0.4) is 0 Å². The van der Waals surface area contributed by atoms with Crippen molar-refractivity contribution in [2.75, 3.05) is 39.4 Å². The van der Waals surface area contributed by atoms with Gasteiger partial charge in [-0.1, -0.05) is 25.3 Å². The summed E-state index contributed by atoms with van der Waals surface area (Å²) in [6.45, 7) is 7.20. The van der Waals surface area contributed by atoms with Gasteiger partial charge >= 0.3 is 18.0 Å². The van der Waals surface area contributed by atoms with Crippen molar-refractivity contribution >= 4 is 18.0 Å². The second-order valence-corrected chi connectivity index (χ2v) is 4.18. The number of carboxylic acids is 1. The van der Waals surface area contributed by atoms with Gasteiger partial charge in [-0.05, 0) is 13.0 Å². The fourth-order valence-corrected chi connectivity index (χ4v) is 1.41. The van der Waals surface area contributed by atoms with Gasteiger partial charge in [0.1, 0.15) is 19.8 Å². The molecule has 8 heteroatoms. The number of ether oxygens (including phenoxy) is 2. The summed E-state index contributed by atoms with van der Waals surface area (Å²) in [5.74, 6) is -1.54. The van der Waals surface area contributed by atoms with Crippen LogP contribution in [0.4, 0.5) is 4.79 Å². The molecule has 8 nitrogen and oxygen atoms in total. The van der Waals surface area contributed by atoms with E-state index in [2.05, 4.69) is 18.5 Å². The van der Waals surface area contributed by atoms with Crippen molar-refractivity contribution in [3.63, 3.8) is 0 Å². The van der Waals surface area contributed by atoms with E-state index in [0.29, 0.717) is 13.0 Å². The summed E-state index contributed by atoms with van der Waals surface area (Å²) < 4.78 is 9.56. The first-order valence-electron chi connectivity index (χ1n) is 6.72. The molecule has 22 heavy (non-hydrogen) atoms. The highest BCUT2D eigenvalue weighted by atomic mass is 16.6. The zero-order valence-electron chi connectivity index (χ0n) is 12.5. The molecule has 0 fully saturated rings. The van der Waals surface area contributed by atoms with Gasteiger partial charge in [-0.2, -0.15) is 0 Å².